The molecule has 4 heterocycles. The molecule has 36 heavy (non-hydrogen) atoms. The number of furan rings is 1. The fraction of sp³-hybridized carbons (Fsp3) is 0.333. The normalized spacial score (nSPS) is 23.1. The van der Waals surface area contributed by atoms with Gasteiger partial charge >= 0.3 is 11.9 Å². The predicted octanol–water partition coefficient (Wildman–Crippen LogP) is 4.63. The minimum atomic E-state index is -0.837. The Morgan fingerprint density at radius 2 is 1.97 bits per heavy atom. The fourth-order valence-electron chi connectivity index (χ4n) is 5.68. The van der Waals surface area contributed by atoms with E-state index in [2.05, 4.69) is 25.3 Å². The second-order valence-corrected chi connectivity index (χ2v) is 9.32. The zero-order valence-electron chi connectivity index (χ0n) is 18.8. The number of fused-ring (bicyclic) bond motifs is 4. The molecule has 3 N–H and O–H groups in total. The van der Waals surface area contributed by atoms with Crippen molar-refractivity contribution >= 4 is 28.7 Å². The Morgan fingerprint density at radius 1 is 1.19 bits per heavy atom. The molecule has 0 spiro atoms. The van der Waals surface area contributed by atoms with Gasteiger partial charge in [0.2, 0.25) is 0 Å². The smallest absolute Gasteiger partial charge is 0.433 e. The largest absolute Gasteiger partial charge is 0.481 e. The van der Waals surface area contributed by atoms with E-state index in [0.717, 1.165) is 31.9 Å². The van der Waals surface area contributed by atoms with Crippen LogP contribution >= 0.6 is 0 Å². The summed E-state index contributed by atoms with van der Waals surface area (Å²) in [5.74, 6) is -1.34. The number of hydrogen-bond donors (Lipinski definition) is 3. The van der Waals surface area contributed by atoms with Gasteiger partial charge < -0.3 is 19.8 Å². The topological polar surface area (TPSA) is 160 Å². The van der Waals surface area contributed by atoms with Gasteiger partial charge in [-0.15, -0.1) is 0 Å². The summed E-state index contributed by atoms with van der Waals surface area (Å²) < 4.78 is 19.3. The fourth-order valence-corrected chi connectivity index (χ4v) is 5.68. The van der Waals surface area contributed by atoms with Gasteiger partial charge in [-0.1, -0.05) is 0 Å². The van der Waals surface area contributed by atoms with Gasteiger partial charge in [0.05, 0.1) is 18.2 Å². The SMILES string of the molecule is O=C(O)[C@H]1C2CCC(CC2)[C@H]1Nc1cc(-c2ccc([N+](=O)[O-])o2)nc(-c2c[nH]c3ncc(F)cc23)n1. The van der Waals surface area contributed by atoms with Crippen LogP contribution in [0.15, 0.2) is 41.1 Å². The average molecular weight is 492 g/mol. The van der Waals surface area contributed by atoms with Crippen LogP contribution in [0, 0.1) is 33.7 Å². The van der Waals surface area contributed by atoms with Gasteiger partial charge in [0, 0.05) is 29.3 Å². The van der Waals surface area contributed by atoms with Gasteiger partial charge in [-0.25, -0.2) is 19.3 Å². The summed E-state index contributed by atoms with van der Waals surface area (Å²) in [6.45, 7) is 0. The molecule has 0 aliphatic heterocycles. The molecule has 3 aliphatic carbocycles. The molecule has 184 valence electrons. The van der Waals surface area contributed by atoms with Crippen LogP contribution in [0.5, 0.6) is 0 Å². The zero-order chi connectivity index (χ0) is 25.0. The van der Waals surface area contributed by atoms with Crippen LogP contribution in [0.25, 0.3) is 33.9 Å². The molecule has 3 saturated carbocycles. The molecular formula is C24H21FN6O5. The van der Waals surface area contributed by atoms with Crippen LogP contribution < -0.4 is 5.32 Å². The molecule has 4 aromatic rings. The molecule has 2 bridgehead atoms. The highest BCUT2D eigenvalue weighted by atomic mass is 19.1. The van der Waals surface area contributed by atoms with Crippen molar-refractivity contribution < 1.29 is 23.6 Å². The summed E-state index contributed by atoms with van der Waals surface area (Å²) in [5.41, 5.74) is 1.18. The molecule has 4 aromatic heterocycles. The molecule has 0 amide bonds. The third-order valence-corrected chi connectivity index (χ3v) is 7.31. The first-order chi connectivity index (χ1) is 17.4. The van der Waals surface area contributed by atoms with E-state index >= 15 is 0 Å². The lowest BCUT2D eigenvalue weighted by molar-refractivity contribution is -0.401. The number of carbonyl (C=O) groups is 1. The third kappa shape index (κ3) is 3.74. The number of carboxylic acids is 1. The summed E-state index contributed by atoms with van der Waals surface area (Å²) in [4.78, 5) is 38.8. The van der Waals surface area contributed by atoms with Crippen molar-refractivity contribution in [2.24, 2.45) is 17.8 Å². The Morgan fingerprint density at radius 3 is 2.69 bits per heavy atom. The molecule has 3 aliphatic rings. The van der Waals surface area contributed by atoms with E-state index in [1.165, 1.54) is 18.2 Å². The third-order valence-electron chi connectivity index (χ3n) is 7.31. The second-order valence-electron chi connectivity index (χ2n) is 9.32. The first-order valence-electron chi connectivity index (χ1n) is 11.6. The number of nitrogens with one attached hydrogen (secondary N) is 2. The molecule has 3 fully saturated rings. The number of nitrogens with zero attached hydrogens (tertiary/aromatic N) is 4. The number of nitro groups is 1. The van der Waals surface area contributed by atoms with E-state index < -0.39 is 28.5 Å². The average Bonchev–Trinajstić information content (AvgIpc) is 3.52. The lowest BCUT2D eigenvalue weighted by Crippen LogP contribution is -2.51. The lowest BCUT2D eigenvalue weighted by Gasteiger charge is -2.47. The van der Waals surface area contributed by atoms with E-state index in [4.69, 9.17) is 4.42 Å². The number of aromatic nitrogens is 4. The van der Waals surface area contributed by atoms with Crippen molar-refractivity contribution in [2.45, 2.75) is 31.7 Å². The van der Waals surface area contributed by atoms with Crippen molar-refractivity contribution in [2.75, 3.05) is 5.32 Å². The van der Waals surface area contributed by atoms with Crippen LogP contribution in [0.4, 0.5) is 16.1 Å². The molecule has 0 saturated heterocycles. The Bertz CT molecular complexity index is 1490. The standard InChI is InChI=1S/C24H21FN6O5/c25-13-7-14-15(10-27-22(14)26-9-13)23-28-16(17-5-6-19(36-17)31(34)35)8-18(30-23)29-21-12-3-1-11(2-4-12)20(21)24(32)33/h5-12,20-21H,1-4H2,(H,26,27)(H,32,33)(H,28,29,30)/t11?,12?,20-,21+/m0/s1. The number of rotatable bonds is 6. The summed E-state index contributed by atoms with van der Waals surface area (Å²) in [6.07, 6.45) is 6.36. The number of aromatic amines is 1. The number of aliphatic carboxylic acids is 1. The minimum Gasteiger partial charge on any atom is -0.481 e. The number of hydrogen-bond acceptors (Lipinski definition) is 8. The Balaban J connectivity index is 1.46. The van der Waals surface area contributed by atoms with E-state index in [9.17, 15) is 24.4 Å². The molecule has 2 atom stereocenters. The predicted molar refractivity (Wildman–Crippen MR) is 125 cm³/mol. The maximum absolute atomic E-state index is 14.0. The van der Waals surface area contributed by atoms with Gasteiger partial charge in [0.1, 0.15) is 27.9 Å². The summed E-state index contributed by atoms with van der Waals surface area (Å²) in [5, 5.41) is 24.9. The minimum absolute atomic E-state index is 0.0983. The number of H-pyrrole nitrogens is 1. The van der Waals surface area contributed by atoms with E-state index in [-0.39, 0.29) is 35.2 Å². The second kappa shape index (κ2) is 8.40. The summed E-state index contributed by atoms with van der Waals surface area (Å²) in [7, 11) is 0. The van der Waals surface area contributed by atoms with Crippen molar-refractivity contribution in [3.05, 3.63) is 52.6 Å². The van der Waals surface area contributed by atoms with Crippen LogP contribution in [-0.4, -0.2) is 42.0 Å². The first-order valence-corrected chi connectivity index (χ1v) is 11.6. The van der Waals surface area contributed by atoms with Gasteiger partial charge in [-0.2, -0.15) is 0 Å². The van der Waals surface area contributed by atoms with Crippen molar-refractivity contribution in [1.82, 2.24) is 19.9 Å². The van der Waals surface area contributed by atoms with Gasteiger partial charge in [0.15, 0.2) is 11.6 Å². The summed E-state index contributed by atoms with van der Waals surface area (Å²) in [6, 6.07) is 5.25. The summed E-state index contributed by atoms with van der Waals surface area (Å²) >= 11 is 0. The van der Waals surface area contributed by atoms with Crippen LogP contribution in [0.1, 0.15) is 25.7 Å². The molecule has 12 heteroatoms. The van der Waals surface area contributed by atoms with Crippen LogP contribution in [0.2, 0.25) is 0 Å². The monoisotopic (exact) mass is 492 g/mol. The quantitative estimate of drug-likeness (QED) is 0.257. The molecule has 0 aromatic carbocycles. The van der Waals surface area contributed by atoms with Crippen molar-refractivity contribution in [3.63, 3.8) is 0 Å². The molecule has 0 radical (unpaired) electrons. The Labute approximate surface area is 202 Å². The molecular weight excluding hydrogens is 471 g/mol. The highest BCUT2D eigenvalue weighted by Crippen LogP contribution is 2.46. The number of anilines is 1. The highest BCUT2D eigenvalue weighted by molar-refractivity contribution is 5.92. The first kappa shape index (κ1) is 22.1. The molecule has 0 unspecified atom stereocenters. The maximum Gasteiger partial charge on any atom is 0.433 e. The Kier molecular flexibility index (Phi) is 5.16. The Hall–Kier alpha value is -4.35. The van der Waals surface area contributed by atoms with Crippen LogP contribution in [-0.2, 0) is 4.79 Å². The molecule has 7 rings (SSSR count). The number of carboxylic acid groups (broad SMARTS) is 1. The van der Waals surface area contributed by atoms with E-state index in [0.29, 0.717) is 22.4 Å². The van der Waals surface area contributed by atoms with Gasteiger partial charge in [-0.3, -0.25) is 14.9 Å². The van der Waals surface area contributed by atoms with Gasteiger partial charge in [0.25, 0.3) is 0 Å². The number of pyridine rings is 1. The maximum atomic E-state index is 14.0. The lowest BCUT2D eigenvalue weighted by atomic mass is 9.61. The van der Waals surface area contributed by atoms with E-state index in [1.54, 1.807) is 12.3 Å². The zero-order valence-corrected chi connectivity index (χ0v) is 18.8. The van der Waals surface area contributed by atoms with Gasteiger partial charge in [-0.05, 0) is 49.7 Å². The highest BCUT2D eigenvalue weighted by Gasteiger charge is 2.47. The van der Waals surface area contributed by atoms with Crippen LogP contribution in [0.3, 0.4) is 0 Å². The molecule has 11 nitrogen and oxygen atoms in total. The van der Waals surface area contributed by atoms with Crippen molar-refractivity contribution in [1.29, 1.82) is 0 Å². The van der Waals surface area contributed by atoms with E-state index in [1.807, 2.05) is 0 Å². The van der Waals surface area contributed by atoms with Crippen molar-refractivity contribution in [3.8, 4) is 22.8 Å². The number of halogens is 1.